The first-order chi connectivity index (χ1) is 8.54. The van der Waals surface area contributed by atoms with Crippen molar-refractivity contribution in [2.24, 2.45) is 0 Å². The second-order valence-electron chi connectivity index (χ2n) is 4.84. The topological polar surface area (TPSA) is 38.3 Å². The summed E-state index contributed by atoms with van der Waals surface area (Å²) in [5.41, 5.74) is 1.78. The molecule has 1 aromatic rings. The van der Waals surface area contributed by atoms with Crippen molar-refractivity contribution in [2.75, 3.05) is 13.7 Å². The van der Waals surface area contributed by atoms with Crippen LogP contribution in [-0.2, 0) is 0 Å². The van der Waals surface area contributed by atoms with Crippen molar-refractivity contribution < 1.29 is 9.53 Å². The largest absolute Gasteiger partial charge is 0.496 e. The van der Waals surface area contributed by atoms with E-state index in [4.69, 9.17) is 4.74 Å². The fraction of sp³-hybridized carbons (Fsp3) is 0.533. The molecule has 1 rings (SSSR count). The molecule has 0 atom stereocenters. The summed E-state index contributed by atoms with van der Waals surface area (Å²) < 4.78 is 5.23. The number of benzene rings is 1. The van der Waals surface area contributed by atoms with E-state index >= 15 is 0 Å². The summed E-state index contributed by atoms with van der Waals surface area (Å²) in [6.45, 7) is 7.06. The summed E-state index contributed by atoms with van der Waals surface area (Å²) in [6, 6.07) is 6.18. The molecule has 0 aliphatic heterocycles. The van der Waals surface area contributed by atoms with Gasteiger partial charge in [-0.15, -0.1) is 0 Å². The van der Waals surface area contributed by atoms with Gasteiger partial charge in [-0.2, -0.15) is 0 Å². The van der Waals surface area contributed by atoms with Gasteiger partial charge in [0.05, 0.1) is 12.7 Å². The summed E-state index contributed by atoms with van der Waals surface area (Å²) >= 11 is 0. The van der Waals surface area contributed by atoms with Gasteiger partial charge in [-0.05, 0) is 32.0 Å². The maximum absolute atomic E-state index is 12.1. The Labute approximate surface area is 110 Å². The van der Waals surface area contributed by atoms with E-state index in [0.717, 1.165) is 18.5 Å². The molecule has 1 aromatic carbocycles. The molecular weight excluding hydrogens is 226 g/mol. The van der Waals surface area contributed by atoms with Crippen LogP contribution in [0.15, 0.2) is 18.2 Å². The van der Waals surface area contributed by atoms with Gasteiger partial charge in [0.2, 0.25) is 0 Å². The average Bonchev–Trinajstić information content (AvgIpc) is 2.34. The highest BCUT2D eigenvalue weighted by Crippen LogP contribution is 2.21. The van der Waals surface area contributed by atoms with Crippen molar-refractivity contribution in [3.05, 3.63) is 29.3 Å². The number of ether oxygens (including phenoxy) is 1. The molecule has 0 fully saturated rings. The monoisotopic (exact) mass is 249 g/mol. The highest BCUT2D eigenvalue weighted by atomic mass is 16.5. The molecule has 0 aliphatic carbocycles. The summed E-state index contributed by atoms with van der Waals surface area (Å²) in [4.78, 5) is 12.1. The predicted octanol–water partition coefficient (Wildman–Crippen LogP) is 2.96. The maximum atomic E-state index is 12.1. The SMILES string of the molecule is COc1ccc(C)cc1C(=O)CCCNC(C)C. The van der Waals surface area contributed by atoms with Crippen LogP contribution in [-0.4, -0.2) is 25.5 Å². The maximum Gasteiger partial charge on any atom is 0.166 e. The Morgan fingerprint density at radius 2 is 2.11 bits per heavy atom. The number of Topliss-reactive ketones (excluding diaryl/α,β-unsaturated/α-hetero) is 1. The van der Waals surface area contributed by atoms with E-state index in [1.54, 1.807) is 7.11 Å². The summed E-state index contributed by atoms with van der Waals surface area (Å²) in [6.07, 6.45) is 1.41. The van der Waals surface area contributed by atoms with Crippen LogP contribution in [0.3, 0.4) is 0 Å². The minimum Gasteiger partial charge on any atom is -0.496 e. The molecule has 100 valence electrons. The van der Waals surface area contributed by atoms with E-state index in [0.29, 0.717) is 23.8 Å². The van der Waals surface area contributed by atoms with E-state index in [1.807, 2.05) is 25.1 Å². The third-order valence-corrected chi connectivity index (χ3v) is 2.79. The molecule has 0 saturated carbocycles. The van der Waals surface area contributed by atoms with Gasteiger partial charge in [0, 0.05) is 12.5 Å². The molecule has 0 radical (unpaired) electrons. The first kappa shape index (κ1) is 14.7. The van der Waals surface area contributed by atoms with Gasteiger partial charge in [0.15, 0.2) is 5.78 Å². The second-order valence-corrected chi connectivity index (χ2v) is 4.84. The molecule has 18 heavy (non-hydrogen) atoms. The predicted molar refractivity (Wildman–Crippen MR) is 74.4 cm³/mol. The fourth-order valence-electron chi connectivity index (χ4n) is 1.81. The lowest BCUT2D eigenvalue weighted by Crippen LogP contribution is -2.24. The Balaban J connectivity index is 2.58. The lowest BCUT2D eigenvalue weighted by atomic mass is 10.0. The standard InChI is InChI=1S/C15H23NO2/c1-11(2)16-9-5-6-14(17)13-10-12(3)7-8-15(13)18-4/h7-8,10-11,16H,5-6,9H2,1-4H3. The summed E-state index contributed by atoms with van der Waals surface area (Å²) in [5.74, 6) is 0.823. The normalized spacial score (nSPS) is 10.7. The minimum atomic E-state index is 0.154. The lowest BCUT2D eigenvalue weighted by molar-refractivity contribution is 0.0976. The molecular formula is C15H23NO2. The van der Waals surface area contributed by atoms with Crippen LogP contribution in [0.1, 0.15) is 42.6 Å². The van der Waals surface area contributed by atoms with Crippen molar-refractivity contribution in [3.8, 4) is 5.75 Å². The Bertz CT molecular complexity index is 399. The number of nitrogens with one attached hydrogen (secondary N) is 1. The van der Waals surface area contributed by atoms with Crippen molar-refractivity contribution in [1.29, 1.82) is 0 Å². The van der Waals surface area contributed by atoms with Gasteiger partial charge in [0.1, 0.15) is 5.75 Å². The number of methoxy groups -OCH3 is 1. The second kappa shape index (κ2) is 7.17. The highest BCUT2D eigenvalue weighted by molar-refractivity contribution is 5.98. The molecule has 0 spiro atoms. The van der Waals surface area contributed by atoms with E-state index in [1.165, 1.54) is 0 Å². The molecule has 0 bridgehead atoms. The van der Waals surface area contributed by atoms with Gasteiger partial charge in [-0.3, -0.25) is 4.79 Å². The third kappa shape index (κ3) is 4.49. The molecule has 0 unspecified atom stereocenters. The van der Waals surface area contributed by atoms with Crippen molar-refractivity contribution in [2.45, 2.75) is 39.7 Å². The third-order valence-electron chi connectivity index (χ3n) is 2.79. The Kier molecular flexibility index (Phi) is 5.86. The smallest absolute Gasteiger partial charge is 0.166 e. The fourth-order valence-corrected chi connectivity index (χ4v) is 1.81. The molecule has 0 aliphatic rings. The van der Waals surface area contributed by atoms with Gasteiger partial charge in [-0.1, -0.05) is 25.5 Å². The van der Waals surface area contributed by atoms with Crippen LogP contribution in [0.2, 0.25) is 0 Å². The molecule has 3 heteroatoms. The van der Waals surface area contributed by atoms with Crippen LogP contribution in [0.25, 0.3) is 0 Å². The van der Waals surface area contributed by atoms with E-state index in [-0.39, 0.29) is 5.78 Å². The van der Waals surface area contributed by atoms with Crippen LogP contribution in [0, 0.1) is 6.92 Å². The number of hydrogen-bond acceptors (Lipinski definition) is 3. The zero-order chi connectivity index (χ0) is 13.5. The number of hydrogen-bond donors (Lipinski definition) is 1. The minimum absolute atomic E-state index is 0.154. The highest BCUT2D eigenvalue weighted by Gasteiger charge is 2.11. The molecule has 3 nitrogen and oxygen atoms in total. The molecule has 0 heterocycles. The number of ketones is 1. The summed E-state index contributed by atoms with van der Waals surface area (Å²) in [5, 5.41) is 3.31. The zero-order valence-corrected chi connectivity index (χ0v) is 11.7. The first-order valence-electron chi connectivity index (χ1n) is 6.46. The van der Waals surface area contributed by atoms with Gasteiger partial charge in [-0.25, -0.2) is 0 Å². The van der Waals surface area contributed by atoms with Crippen molar-refractivity contribution >= 4 is 5.78 Å². The number of rotatable bonds is 7. The van der Waals surface area contributed by atoms with Crippen LogP contribution >= 0.6 is 0 Å². The van der Waals surface area contributed by atoms with E-state index < -0.39 is 0 Å². The summed E-state index contributed by atoms with van der Waals surface area (Å²) in [7, 11) is 1.60. The number of carbonyl (C=O) groups is 1. The van der Waals surface area contributed by atoms with Crippen molar-refractivity contribution in [1.82, 2.24) is 5.32 Å². The van der Waals surface area contributed by atoms with Gasteiger partial charge in [0.25, 0.3) is 0 Å². The zero-order valence-electron chi connectivity index (χ0n) is 11.7. The molecule has 0 amide bonds. The van der Waals surface area contributed by atoms with Crippen molar-refractivity contribution in [3.63, 3.8) is 0 Å². The Morgan fingerprint density at radius 1 is 1.39 bits per heavy atom. The van der Waals surface area contributed by atoms with Crippen LogP contribution in [0.5, 0.6) is 5.75 Å². The Hall–Kier alpha value is -1.35. The molecule has 1 N–H and O–H groups in total. The Morgan fingerprint density at radius 3 is 2.72 bits per heavy atom. The first-order valence-corrected chi connectivity index (χ1v) is 6.46. The number of carbonyl (C=O) groups excluding carboxylic acids is 1. The van der Waals surface area contributed by atoms with Crippen LogP contribution < -0.4 is 10.1 Å². The molecule has 0 saturated heterocycles. The van der Waals surface area contributed by atoms with E-state index in [2.05, 4.69) is 19.2 Å². The lowest BCUT2D eigenvalue weighted by Gasteiger charge is -2.10. The van der Waals surface area contributed by atoms with Gasteiger partial charge >= 0.3 is 0 Å². The van der Waals surface area contributed by atoms with Crippen LogP contribution in [0.4, 0.5) is 0 Å². The van der Waals surface area contributed by atoms with E-state index in [9.17, 15) is 4.79 Å². The average molecular weight is 249 g/mol. The van der Waals surface area contributed by atoms with Gasteiger partial charge < -0.3 is 10.1 Å². The number of aryl methyl sites for hydroxylation is 1. The quantitative estimate of drug-likeness (QED) is 0.596. The molecule has 0 aromatic heterocycles.